The lowest BCUT2D eigenvalue weighted by atomic mass is 10.1. The molecule has 2 rings (SSSR count). The summed E-state index contributed by atoms with van der Waals surface area (Å²) < 4.78 is 25.6. The van der Waals surface area contributed by atoms with E-state index >= 15 is 0 Å². The smallest absolute Gasteiger partial charge is 0.255 e. The monoisotopic (exact) mass is 366 g/mol. The Kier molecular flexibility index (Phi) is 5.32. The first-order valence-corrected chi connectivity index (χ1v) is 9.05. The van der Waals surface area contributed by atoms with Crippen LogP contribution in [-0.4, -0.2) is 32.7 Å². The van der Waals surface area contributed by atoms with Crippen LogP contribution in [0.25, 0.3) is 0 Å². The van der Waals surface area contributed by atoms with Crippen LogP contribution in [0.5, 0.6) is 0 Å². The summed E-state index contributed by atoms with van der Waals surface area (Å²) in [7, 11) is -0.907. The predicted octanol–water partition coefficient (Wildman–Crippen LogP) is 3.46. The first kappa shape index (κ1) is 18.4. The van der Waals surface area contributed by atoms with E-state index in [1.165, 1.54) is 32.3 Å². The van der Waals surface area contributed by atoms with Crippen LogP contribution >= 0.6 is 11.6 Å². The van der Waals surface area contributed by atoms with Crippen molar-refractivity contribution in [3.63, 3.8) is 0 Å². The molecule has 0 aromatic heterocycles. The van der Waals surface area contributed by atoms with Gasteiger partial charge < -0.3 is 5.32 Å². The van der Waals surface area contributed by atoms with Crippen LogP contribution in [0.4, 0.5) is 5.69 Å². The molecule has 0 unspecified atom stereocenters. The molecule has 1 N–H and O–H groups in total. The molecule has 0 aliphatic rings. The highest BCUT2D eigenvalue weighted by atomic mass is 35.5. The molecule has 0 fully saturated rings. The summed E-state index contributed by atoms with van der Waals surface area (Å²) in [6.07, 6.45) is 0. The molecule has 0 heterocycles. The molecule has 0 bridgehead atoms. The molecule has 0 saturated heterocycles. The summed E-state index contributed by atoms with van der Waals surface area (Å²) in [5.41, 5.74) is 2.92. The molecule has 0 aliphatic carbocycles. The van der Waals surface area contributed by atoms with Gasteiger partial charge in [0.25, 0.3) is 5.91 Å². The Labute approximate surface area is 147 Å². The fourth-order valence-electron chi connectivity index (χ4n) is 2.19. The Hall–Kier alpha value is -1.89. The van der Waals surface area contributed by atoms with Crippen molar-refractivity contribution in [1.29, 1.82) is 0 Å². The number of amides is 1. The third kappa shape index (κ3) is 3.77. The summed E-state index contributed by atoms with van der Waals surface area (Å²) in [6.45, 7) is 3.86. The zero-order valence-electron chi connectivity index (χ0n) is 13.9. The number of benzene rings is 2. The highest BCUT2D eigenvalue weighted by Crippen LogP contribution is 2.25. The molecule has 0 saturated carbocycles. The topological polar surface area (TPSA) is 66.5 Å². The quantitative estimate of drug-likeness (QED) is 0.901. The highest BCUT2D eigenvalue weighted by molar-refractivity contribution is 7.89. The normalized spacial score (nSPS) is 11.6. The van der Waals surface area contributed by atoms with Crippen molar-refractivity contribution >= 4 is 33.2 Å². The molecule has 0 radical (unpaired) electrons. The average Bonchev–Trinajstić information content (AvgIpc) is 2.50. The van der Waals surface area contributed by atoms with Crippen molar-refractivity contribution in [2.45, 2.75) is 18.7 Å². The van der Waals surface area contributed by atoms with Gasteiger partial charge in [-0.05, 0) is 43.7 Å². The van der Waals surface area contributed by atoms with Gasteiger partial charge in [0.1, 0.15) is 4.90 Å². The number of rotatable bonds is 4. The molecule has 1 amide bonds. The van der Waals surface area contributed by atoms with Crippen molar-refractivity contribution in [2.24, 2.45) is 0 Å². The van der Waals surface area contributed by atoms with Gasteiger partial charge in [0, 0.05) is 25.3 Å². The van der Waals surface area contributed by atoms with Crippen molar-refractivity contribution in [3.8, 4) is 0 Å². The van der Waals surface area contributed by atoms with Crippen molar-refractivity contribution < 1.29 is 13.2 Å². The molecular formula is C17H19ClN2O3S. The van der Waals surface area contributed by atoms with Crippen molar-refractivity contribution in [2.75, 3.05) is 19.4 Å². The van der Waals surface area contributed by atoms with Crippen LogP contribution in [0.2, 0.25) is 5.02 Å². The number of nitrogens with one attached hydrogen (secondary N) is 1. The number of sulfonamides is 1. The zero-order valence-corrected chi connectivity index (χ0v) is 15.5. The molecule has 24 heavy (non-hydrogen) atoms. The Morgan fingerprint density at radius 3 is 2.33 bits per heavy atom. The lowest BCUT2D eigenvalue weighted by Crippen LogP contribution is -2.23. The second kappa shape index (κ2) is 6.93. The number of aryl methyl sites for hydroxylation is 2. The van der Waals surface area contributed by atoms with Crippen LogP contribution in [0.15, 0.2) is 41.3 Å². The van der Waals surface area contributed by atoms with Gasteiger partial charge in [0.15, 0.2) is 0 Å². The summed E-state index contributed by atoms with van der Waals surface area (Å²) in [5.74, 6) is -0.395. The van der Waals surface area contributed by atoms with Crippen LogP contribution in [0.1, 0.15) is 21.5 Å². The molecule has 0 spiro atoms. The SMILES string of the molecule is Cc1ccc(NC(=O)c2ccc(Cl)c(S(=O)(=O)N(C)C)c2)c(C)c1. The van der Waals surface area contributed by atoms with E-state index in [0.717, 1.165) is 15.4 Å². The maximum absolute atomic E-state index is 12.4. The number of carbonyl (C=O) groups excluding carboxylic acids is 1. The first-order valence-electron chi connectivity index (χ1n) is 7.23. The zero-order chi connectivity index (χ0) is 18.1. The number of anilines is 1. The van der Waals surface area contributed by atoms with E-state index in [2.05, 4.69) is 5.32 Å². The fraction of sp³-hybridized carbons (Fsp3) is 0.235. The largest absolute Gasteiger partial charge is 0.322 e. The lowest BCUT2D eigenvalue weighted by Gasteiger charge is -2.14. The minimum absolute atomic E-state index is 0.0757. The Morgan fingerprint density at radius 1 is 1.08 bits per heavy atom. The predicted molar refractivity (Wildman–Crippen MR) is 96.2 cm³/mol. The van der Waals surface area contributed by atoms with Gasteiger partial charge in [0.2, 0.25) is 10.0 Å². The van der Waals surface area contributed by atoms with E-state index in [9.17, 15) is 13.2 Å². The average molecular weight is 367 g/mol. The van der Waals surface area contributed by atoms with Gasteiger partial charge in [-0.1, -0.05) is 29.3 Å². The molecule has 5 nitrogen and oxygen atoms in total. The first-order chi connectivity index (χ1) is 11.1. The minimum atomic E-state index is -3.73. The second-order valence-corrected chi connectivity index (χ2v) is 8.23. The van der Waals surface area contributed by atoms with Crippen LogP contribution < -0.4 is 5.32 Å². The number of nitrogens with zero attached hydrogens (tertiary/aromatic N) is 1. The third-order valence-corrected chi connectivity index (χ3v) is 5.88. The number of hydrogen-bond donors (Lipinski definition) is 1. The molecule has 0 aliphatic heterocycles. The summed E-state index contributed by atoms with van der Waals surface area (Å²) in [4.78, 5) is 12.4. The standard InChI is InChI=1S/C17H19ClN2O3S/c1-11-5-8-15(12(2)9-11)19-17(21)13-6-7-14(18)16(10-13)24(22,23)20(3)4/h5-10H,1-4H3,(H,19,21). The molecule has 0 atom stereocenters. The van der Waals surface area contributed by atoms with E-state index in [4.69, 9.17) is 11.6 Å². The third-order valence-electron chi connectivity index (χ3n) is 3.58. The van der Waals surface area contributed by atoms with E-state index in [1.807, 2.05) is 32.0 Å². The summed E-state index contributed by atoms with van der Waals surface area (Å²) in [5, 5.41) is 2.87. The summed E-state index contributed by atoms with van der Waals surface area (Å²) >= 11 is 5.99. The van der Waals surface area contributed by atoms with Crippen LogP contribution in [0, 0.1) is 13.8 Å². The van der Waals surface area contributed by atoms with Gasteiger partial charge in [-0.15, -0.1) is 0 Å². The Bertz CT molecular complexity index is 893. The Morgan fingerprint density at radius 2 is 1.75 bits per heavy atom. The fourth-order valence-corrected chi connectivity index (χ4v) is 3.58. The maximum Gasteiger partial charge on any atom is 0.255 e. The van der Waals surface area contributed by atoms with Crippen molar-refractivity contribution in [3.05, 3.63) is 58.1 Å². The second-order valence-electron chi connectivity index (χ2n) is 5.71. The minimum Gasteiger partial charge on any atom is -0.322 e. The van der Waals surface area contributed by atoms with E-state index < -0.39 is 15.9 Å². The van der Waals surface area contributed by atoms with Gasteiger partial charge in [-0.25, -0.2) is 12.7 Å². The van der Waals surface area contributed by atoms with Crippen LogP contribution in [0.3, 0.4) is 0 Å². The molecule has 7 heteroatoms. The van der Waals surface area contributed by atoms with Gasteiger partial charge in [-0.2, -0.15) is 0 Å². The van der Waals surface area contributed by atoms with Gasteiger partial charge in [-0.3, -0.25) is 4.79 Å². The van der Waals surface area contributed by atoms with Gasteiger partial charge in [0.05, 0.1) is 5.02 Å². The molecular weight excluding hydrogens is 348 g/mol. The van der Waals surface area contributed by atoms with E-state index in [-0.39, 0.29) is 15.5 Å². The Balaban J connectivity index is 2.37. The van der Waals surface area contributed by atoms with Crippen LogP contribution in [-0.2, 0) is 10.0 Å². The lowest BCUT2D eigenvalue weighted by molar-refractivity contribution is 0.102. The van der Waals surface area contributed by atoms with E-state index in [0.29, 0.717) is 5.69 Å². The van der Waals surface area contributed by atoms with E-state index in [1.54, 1.807) is 0 Å². The van der Waals surface area contributed by atoms with Crippen molar-refractivity contribution in [1.82, 2.24) is 4.31 Å². The number of halogens is 1. The maximum atomic E-state index is 12.4. The van der Waals surface area contributed by atoms with Gasteiger partial charge >= 0.3 is 0 Å². The summed E-state index contributed by atoms with van der Waals surface area (Å²) in [6, 6.07) is 9.86. The number of hydrogen-bond acceptors (Lipinski definition) is 3. The molecule has 128 valence electrons. The number of carbonyl (C=O) groups is 1. The highest BCUT2D eigenvalue weighted by Gasteiger charge is 2.22. The molecule has 2 aromatic rings. The molecule has 2 aromatic carbocycles.